The van der Waals surface area contributed by atoms with Crippen LogP contribution in [0.5, 0.6) is 0 Å². The molecular formula is C12H18BrN2O2S+. The number of nitrogens with one attached hydrogen (secondary N) is 2. The Balaban J connectivity index is 1.61. The predicted octanol–water partition coefficient (Wildman–Crippen LogP) is 0.546. The number of hydrogen-bond acceptors (Lipinski definition) is 3. The fourth-order valence-corrected chi connectivity index (χ4v) is 3.28. The lowest BCUT2D eigenvalue weighted by Gasteiger charge is -2.23. The zero-order valence-electron chi connectivity index (χ0n) is 10.2. The van der Waals surface area contributed by atoms with Crippen LogP contribution in [0.15, 0.2) is 15.9 Å². The summed E-state index contributed by atoms with van der Waals surface area (Å²) in [5, 5.41) is 2.96. The van der Waals surface area contributed by atoms with E-state index in [2.05, 4.69) is 21.2 Å². The lowest BCUT2D eigenvalue weighted by atomic mass is 10.3. The molecule has 0 atom stereocenters. The maximum absolute atomic E-state index is 11.8. The fraction of sp³-hybridized carbons (Fsp3) is 0.583. The minimum Gasteiger partial charge on any atom is -0.370 e. The minimum absolute atomic E-state index is 0.0303. The van der Waals surface area contributed by atoms with Crippen LogP contribution in [0.25, 0.3) is 0 Å². The van der Waals surface area contributed by atoms with E-state index in [9.17, 15) is 4.79 Å². The van der Waals surface area contributed by atoms with E-state index >= 15 is 0 Å². The minimum atomic E-state index is 0.0303. The van der Waals surface area contributed by atoms with Crippen molar-refractivity contribution >= 4 is 33.2 Å². The van der Waals surface area contributed by atoms with E-state index in [1.165, 1.54) is 11.3 Å². The number of hydrogen-bond donors (Lipinski definition) is 2. The first-order chi connectivity index (χ1) is 8.75. The van der Waals surface area contributed by atoms with Crippen molar-refractivity contribution in [3.63, 3.8) is 0 Å². The van der Waals surface area contributed by atoms with Gasteiger partial charge in [-0.15, -0.1) is 11.3 Å². The molecule has 0 aromatic carbocycles. The molecule has 0 spiro atoms. The molecule has 1 aliphatic rings. The number of carbonyl (C=O) groups is 1. The normalized spacial score (nSPS) is 16.7. The smallest absolute Gasteiger partial charge is 0.261 e. The fourth-order valence-electron chi connectivity index (χ4n) is 1.97. The first-order valence-electron chi connectivity index (χ1n) is 6.20. The van der Waals surface area contributed by atoms with Crippen LogP contribution in [0, 0.1) is 0 Å². The van der Waals surface area contributed by atoms with E-state index in [1.54, 1.807) is 4.90 Å². The summed E-state index contributed by atoms with van der Waals surface area (Å²) in [6.07, 6.45) is 1.02. The van der Waals surface area contributed by atoms with Gasteiger partial charge in [0.1, 0.15) is 13.1 Å². The van der Waals surface area contributed by atoms with Crippen LogP contribution in [0.3, 0.4) is 0 Å². The zero-order valence-corrected chi connectivity index (χ0v) is 12.6. The lowest BCUT2D eigenvalue weighted by molar-refractivity contribution is -0.908. The van der Waals surface area contributed by atoms with Gasteiger partial charge in [-0.1, -0.05) is 0 Å². The van der Waals surface area contributed by atoms with Gasteiger partial charge in [-0.3, -0.25) is 4.79 Å². The van der Waals surface area contributed by atoms with Gasteiger partial charge in [0.25, 0.3) is 5.91 Å². The summed E-state index contributed by atoms with van der Waals surface area (Å²) in [7, 11) is 0. The molecule has 100 valence electrons. The van der Waals surface area contributed by atoms with Gasteiger partial charge in [-0.25, -0.2) is 0 Å². The lowest BCUT2D eigenvalue weighted by Crippen LogP contribution is -3.14. The molecule has 6 heteroatoms. The van der Waals surface area contributed by atoms with Crippen molar-refractivity contribution < 1.29 is 14.4 Å². The van der Waals surface area contributed by atoms with E-state index < -0.39 is 0 Å². The predicted molar refractivity (Wildman–Crippen MR) is 75.4 cm³/mol. The van der Waals surface area contributed by atoms with Crippen LogP contribution in [-0.4, -0.2) is 45.3 Å². The molecule has 1 aromatic heterocycles. The molecule has 2 rings (SSSR count). The van der Waals surface area contributed by atoms with Crippen molar-refractivity contribution in [2.24, 2.45) is 0 Å². The Bertz CT molecular complexity index is 391. The van der Waals surface area contributed by atoms with E-state index in [0.29, 0.717) is 0 Å². The van der Waals surface area contributed by atoms with Gasteiger partial charge in [-0.05, 0) is 28.1 Å². The maximum atomic E-state index is 11.8. The number of thiophene rings is 1. The van der Waals surface area contributed by atoms with Crippen molar-refractivity contribution in [2.75, 3.05) is 39.4 Å². The van der Waals surface area contributed by atoms with E-state index in [0.717, 1.165) is 54.5 Å². The summed E-state index contributed by atoms with van der Waals surface area (Å²) < 4.78 is 6.30. The van der Waals surface area contributed by atoms with E-state index in [4.69, 9.17) is 4.74 Å². The van der Waals surface area contributed by atoms with E-state index in [1.807, 2.05) is 12.1 Å². The number of halogens is 1. The molecule has 18 heavy (non-hydrogen) atoms. The highest BCUT2D eigenvalue weighted by molar-refractivity contribution is 9.11. The highest BCUT2D eigenvalue weighted by Gasteiger charge is 2.13. The summed E-state index contributed by atoms with van der Waals surface area (Å²) in [4.78, 5) is 14.1. The van der Waals surface area contributed by atoms with Crippen LogP contribution in [-0.2, 0) is 4.74 Å². The number of morpholine rings is 1. The van der Waals surface area contributed by atoms with Crippen LogP contribution >= 0.6 is 27.3 Å². The highest BCUT2D eigenvalue weighted by Crippen LogP contribution is 2.21. The van der Waals surface area contributed by atoms with Gasteiger partial charge in [-0.2, -0.15) is 0 Å². The summed E-state index contributed by atoms with van der Waals surface area (Å²) in [5.74, 6) is 0.0303. The van der Waals surface area contributed by atoms with Crippen molar-refractivity contribution in [3.8, 4) is 0 Å². The van der Waals surface area contributed by atoms with Crippen molar-refractivity contribution in [1.29, 1.82) is 0 Å². The molecular weight excluding hydrogens is 316 g/mol. The molecule has 2 N–H and O–H groups in total. The van der Waals surface area contributed by atoms with Crippen molar-refractivity contribution in [2.45, 2.75) is 6.42 Å². The molecule has 1 amide bonds. The molecule has 0 aliphatic carbocycles. The quantitative estimate of drug-likeness (QED) is 0.772. The van der Waals surface area contributed by atoms with Crippen LogP contribution in [0.4, 0.5) is 0 Å². The summed E-state index contributed by atoms with van der Waals surface area (Å²) in [5.41, 5.74) is 0. The molecule has 1 aliphatic heterocycles. The zero-order chi connectivity index (χ0) is 12.8. The Morgan fingerprint density at radius 1 is 1.44 bits per heavy atom. The molecule has 2 heterocycles. The number of quaternary nitrogens is 1. The Labute approximate surface area is 119 Å². The maximum Gasteiger partial charge on any atom is 0.261 e. The third kappa shape index (κ3) is 4.35. The third-order valence-corrected chi connectivity index (χ3v) is 4.61. The Hall–Kier alpha value is -0.430. The number of ether oxygens (including phenoxy) is 1. The first-order valence-corrected chi connectivity index (χ1v) is 7.81. The second-order valence-electron chi connectivity index (χ2n) is 4.33. The van der Waals surface area contributed by atoms with Gasteiger partial charge >= 0.3 is 0 Å². The Morgan fingerprint density at radius 3 is 2.89 bits per heavy atom. The first kappa shape index (κ1) is 14.0. The standard InChI is InChI=1S/C12H17BrN2O2S/c13-11-3-2-10(18-11)12(16)14-4-1-5-15-6-8-17-9-7-15/h2-3H,1,4-9H2,(H,14,16)/p+1. The molecule has 0 saturated carbocycles. The van der Waals surface area contributed by atoms with Gasteiger partial charge in [0, 0.05) is 13.0 Å². The average molecular weight is 334 g/mol. The van der Waals surface area contributed by atoms with E-state index in [-0.39, 0.29) is 5.91 Å². The van der Waals surface area contributed by atoms with Gasteiger partial charge < -0.3 is 15.0 Å². The van der Waals surface area contributed by atoms with Gasteiger partial charge in [0.05, 0.1) is 28.4 Å². The summed E-state index contributed by atoms with van der Waals surface area (Å²) in [6, 6.07) is 3.74. The highest BCUT2D eigenvalue weighted by atomic mass is 79.9. The number of amides is 1. The van der Waals surface area contributed by atoms with Crippen molar-refractivity contribution in [1.82, 2.24) is 5.32 Å². The second kappa shape index (κ2) is 7.23. The number of carbonyl (C=O) groups excluding carboxylic acids is 1. The average Bonchev–Trinajstić information content (AvgIpc) is 2.82. The molecule has 0 bridgehead atoms. The topological polar surface area (TPSA) is 42.8 Å². The molecule has 0 unspecified atom stereocenters. The van der Waals surface area contributed by atoms with Crippen LogP contribution < -0.4 is 10.2 Å². The summed E-state index contributed by atoms with van der Waals surface area (Å²) >= 11 is 4.82. The largest absolute Gasteiger partial charge is 0.370 e. The van der Waals surface area contributed by atoms with Gasteiger partial charge in [0.15, 0.2) is 0 Å². The van der Waals surface area contributed by atoms with Crippen LogP contribution in [0.1, 0.15) is 16.1 Å². The van der Waals surface area contributed by atoms with Gasteiger partial charge in [0.2, 0.25) is 0 Å². The second-order valence-corrected chi connectivity index (χ2v) is 6.79. The number of rotatable bonds is 5. The third-order valence-electron chi connectivity index (χ3n) is 2.99. The van der Waals surface area contributed by atoms with Crippen LogP contribution in [0.2, 0.25) is 0 Å². The Kier molecular flexibility index (Phi) is 5.62. The molecule has 4 nitrogen and oxygen atoms in total. The molecule has 0 radical (unpaired) electrons. The summed E-state index contributed by atoms with van der Waals surface area (Å²) in [6.45, 7) is 5.77. The Morgan fingerprint density at radius 2 is 2.22 bits per heavy atom. The monoisotopic (exact) mass is 333 g/mol. The SMILES string of the molecule is O=C(NCCC[NH+]1CCOCC1)c1ccc(Br)s1. The molecule has 1 fully saturated rings. The molecule has 1 saturated heterocycles. The van der Waals surface area contributed by atoms with Crippen molar-refractivity contribution in [3.05, 3.63) is 20.8 Å². The molecule has 1 aromatic rings.